The first-order valence-corrected chi connectivity index (χ1v) is 7.49. The highest BCUT2D eigenvalue weighted by atomic mass is 79.9. The van der Waals surface area contributed by atoms with Crippen LogP contribution in [0.2, 0.25) is 0 Å². The molecule has 3 atom stereocenters. The fourth-order valence-electron chi connectivity index (χ4n) is 3.00. The summed E-state index contributed by atoms with van der Waals surface area (Å²) in [5.74, 6) is 0.198. The summed E-state index contributed by atoms with van der Waals surface area (Å²) in [7, 11) is 0. The summed E-state index contributed by atoms with van der Waals surface area (Å²) in [6.45, 7) is 2.12. The van der Waals surface area contributed by atoms with Gasteiger partial charge in [0.1, 0.15) is 0 Å². The van der Waals surface area contributed by atoms with Gasteiger partial charge in [0, 0.05) is 30.3 Å². The van der Waals surface area contributed by atoms with Crippen molar-refractivity contribution in [2.45, 2.75) is 31.0 Å². The number of aliphatic hydroxyl groups is 1. The molecule has 3 heterocycles. The molecule has 3 rings (SSSR count). The molecule has 0 bridgehead atoms. The number of nitrogens with zero attached hydrogens (tertiary/aromatic N) is 1. The van der Waals surface area contributed by atoms with Crippen LogP contribution in [0.15, 0.2) is 22.8 Å². The summed E-state index contributed by atoms with van der Waals surface area (Å²) in [5, 5.41) is 10.5. The third kappa shape index (κ3) is 2.84. The maximum absolute atomic E-state index is 10.5. The smallest absolute Gasteiger partial charge is 0.0989 e. The predicted octanol–water partition coefficient (Wildman–Crippen LogP) is 2.46. The molecular weight excluding hydrogens is 310 g/mol. The van der Waals surface area contributed by atoms with Gasteiger partial charge in [0.05, 0.1) is 24.0 Å². The fraction of sp³-hybridized carbons (Fsp3) is 0.643. The van der Waals surface area contributed by atoms with E-state index >= 15 is 0 Å². The average molecular weight is 328 g/mol. The quantitative estimate of drug-likeness (QED) is 0.906. The van der Waals surface area contributed by atoms with E-state index in [1.165, 1.54) is 0 Å². The van der Waals surface area contributed by atoms with Gasteiger partial charge in [0.2, 0.25) is 0 Å². The zero-order valence-electron chi connectivity index (χ0n) is 10.7. The van der Waals surface area contributed by atoms with Gasteiger partial charge in [0.25, 0.3) is 0 Å². The minimum absolute atomic E-state index is 0.167. The van der Waals surface area contributed by atoms with Gasteiger partial charge in [-0.3, -0.25) is 4.98 Å². The van der Waals surface area contributed by atoms with Crippen molar-refractivity contribution in [1.29, 1.82) is 0 Å². The zero-order chi connectivity index (χ0) is 13.3. The van der Waals surface area contributed by atoms with Gasteiger partial charge in [-0.25, -0.2) is 0 Å². The Morgan fingerprint density at radius 3 is 3.00 bits per heavy atom. The molecule has 0 saturated carbocycles. The Kier molecular flexibility index (Phi) is 3.89. The fourth-order valence-corrected chi connectivity index (χ4v) is 3.24. The van der Waals surface area contributed by atoms with E-state index in [9.17, 15) is 5.11 Å². The van der Waals surface area contributed by atoms with Crippen LogP contribution in [0.5, 0.6) is 0 Å². The molecule has 19 heavy (non-hydrogen) atoms. The highest BCUT2D eigenvalue weighted by Gasteiger charge is 2.43. The number of ether oxygens (including phenoxy) is 2. The molecule has 3 unspecified atom stereocenters. The molecular formula is C14H18BrNO3. The summed E-state index contributed by atoms with van der Waals surface area (Å²) in [6, 6.07) is 3.79. The van der Waals surface area contributed by atoms with Gasteiger partial charge in [-0.2, -0.15) is 0 Å². The van der Waals surface area contributed by atoms with Gasteiger partial charge in [-0.05, 0) is 46.8 Å². The van der Waals surface area contributed by atoms with E-state index < -0.39 is 6.10 Å². The number of hydrogen-bond donors (Lipinski definition) is 1. The highest BCUT2D eigenvalue weighted by molar-refractivity contribution is 9.10. The maximum atomic E-state index is 10.5. The van der Waals surface area contributed by atoms with Crippen molar-refractivity contribution in [3.8, 4) is 0 Å². The molecule has 0 aliphatic carbocycles. The molecule has 1 N–H and O–H groups in total. The van der Waals surface area contributed by atoms with Crippen molar-refractivity contribution in [2.24, 2.45) is 5.92 Å². The first kappa shape index (κ1) is 13.5. The van der Waals surface area contributed by atoms with Crippen LogP contribution in [-0.2, 0) is 9.47 Å². The molecule has 2 aliphatic heterocycles. The minimum Gasteiger partial charge on any atom is -0.387 e. The topological polar surface area (TPSA) is 51.6 Å². The second-order valence-electron chi connectivity index (χ2n) is 5.43. The summed E-state index contributed by atoms with van der Waals surface area (Å²) >= 11 is 3.36. The lowest BCUT2D eigenvalue weighted by molar-refractivity contribution is -0.117. The highest BCUT2D eigenvalue weighted by Crippen LogP contribution is 2.40. The Morgan fingerprint density at radius 2 is 2.32 bits per heavy atom. The van der Waals surface area contributed by atoms with Crippen molar-refractivity contribution in [3.05, 3.63) is 28.5 Å². The summed E-state index contributed by atoms with van der Waals surface area (Å²) < 4.78 is 12.3. The van der Waals surface area contributed by atoms with Crippen molar-refractivity contribution >= 4 is 15.9 Å². The maximum Gasteiger partial charge on any atom is 0.0989 e. The Bertz CT molecular complexity index is 431. The molecule has 1 aromatic rings. The van der Waals surface area contributed by atoms with Crippen molar-refractivity contribution in [2.75, 3.05) is 19.8 Å². The Balaban J connectivity index is 1.72. The van der Waals surface area contributed by atoms with Crippen molar-refractivity contribution in [1.82, 2.24) is 4.98 Å². The standard InChI is InChI=1S/C14H18BrNO3/c15-11-1-2-12(16-8-11)13(17)10-3-5-19-14(7-10)4-6-18-9-14/h1-2,8,10,13,17H,3-7,9H2. The van der Waals surface area contributed by atoms with Crippen LogP contribution >= 0.6 is 15.9 Å². The Morgan fingerprint density at radius 1 is 1.42 bits per heavy atom. The Labute approximate surface area is 121 Å². The SMILES string of the molecule is OC(c1ccc(Br)cn1)C1CCOC2(CCOC2)C1. The van der Waals surface area contributed by atoms with E-state index in [2.05, 4.69) is 20.9 Å². The lowest BCUT2D eigenvalue weighted by Gasteiger charge is -2.38. The van der Waals surface area contributed by atoms with E-state index in [0.29, 0.717) is 13.2 Å². The van der Waals surface area contributed by atoms with E-state index in [0.717, 1.165) is 36.0 Å². The lowest BCUT2D eigenvalue weighted by Crippen LogP contribution is -2.42. The largest absolute Gasteiger partial charge is 0.387 e. The van der Waals surface area contributed by atoms with E-state index in [4.69, 9.17) is 9.47 Å². The number of hydrogen-bond acceptors (Lipinski definition) is 4. The first-order chi connectivity index (χ1) is 9.19. The van der Waals surface area contributed by atoms with Gasteiger partial charge >= 0.3 is 0 Å². The summed E-state index contributed by atoms with van der Waals surface area (Å²) in [6.07, 6.45) is 3.87. The first-order valence-electron chi connectivity index (χ1n) is 6.70. The third-order valence-corrected chi connectivity index (χ3v) is 4.57. The molecule has 0 radical (unpaired) electrons. The lowest BCUT2D eigenvalue weighted by atomic mass is 9.81. The van der Waals surface area contributed by atoms with Crippen LogP contribution in [0.4, 0.5) is 0 Å². The van der Waals surface area contributed by atoms with Crippen LogP contribution in [0.25, 0.3) is 0 Å². The van der Waals surface area contributed by atoms with Gasteiger partial charge in [-0.15, -0.1) is 0 Å². The minimum atomic E-state index is -0.519. The van der Waals surface area contributed by atoms with Gasteiger partial charge < -0.3 is 14.6 Å². The molecule has 104 valence electrons. The van der Waals surface area contributed by atoms with Crippen LogP contribution < -0.4 is 0 Å². The van der Waals surface area contributed by atoms with Crippen molar-refractivity contribution < 1.29 is 14.6 Å². The second kappa shape index (κ2) is 5.48. The van der Waals surface area contributed by atoms with E-state index in [-0.39, 0.29) is 11.5 Å². The molecule has 1 aromatic heterocycles. The predicted molar refractivity (Wildman–Crippen MR) is 73.7 cm³/mol. The van der Waals surface area contributed by atoms with Gasteiger partial charge in [0.15, 0.2) is 0 Å². The van der Waals surface area contributed by atoms with Crippen LogP contribution in [0.1, 0.15) is 31.1 Å². The molecule has 2 saturated heterocycles. The molecule has 0 aromatic carbocycles. The third-order valence-electron chi connectivity index (χ3n) is 4.10. The number of aliphatic hydroxyl groups excluding tert-OH is 1. The molecule has 4 nitrogen and oxygen atoms in total. The normalized spacial score (nSPS) is 32.6. The van der Waals surface area contributed by atoms with Crippen molar-refractivity contribution in [3.63, 3.8) is 0 Å². The van der Waals surface area contributed by atoms with Crippen LogP contribution in [0, 0.1) is 5.92 Å². The van der Waals surface area contributed by atoms with Gasteiger partial charge in [-0.1, -0.05) is 0 Å². The molecule has 1 spiro atoms. The number of halogens is 1. The Hall–Kier alpha value is -0.490. The zero-order valence-corrected chi connectivity index (χ0v) is 12.3. The summed E-state index contributed by atoms with van der Waals surface area (Å²) in [4.78, 5) is 4.30. The molecule has 2 fully saturated rings. The number of aromatic nitrogens is 1. The molecule has 5 heteroatoms. The number of pyridine rings is 1. The monoisotopic (exact) mass is 327 g/mol. The summed E-state index contributed by atoms with van der Waals surface area (Å²) in [5.41, 5.74) is 0.573. The number of rotatable bonds is 2. The van der Waals surface area contributed by atoms with Crippen LogP contribution in [0.3, 0.4) is 0 Å². The molecule has 0 amide bonds. The van der Waals surface area contributed by atoms with Crippen LogP contribution in [-0.4, -0.2) is 35.5 Å². The van der Waals surface area contributed by atoms with E-state index in [1.54, 1.807) is 6.20 Å². The van der Waals surface area contributed by atoms with E-state index in [1.807, 2.05) is 12.1 Å². The second-order valence-corrected chi connectivity index (χ2v) is 6.35. The molecule has 2 aliphatic rings. The average Bonchev–Trinajstić information content (AvgIpc) is 2.87.